The Morgan fingerprint density at radius 3 is 2.54 bits per heavy atom. The van der Waals surface area contributed by atoms with E-state index in [0.717, 1.165) is 6.07 Å². The lowest BCUT2D eigenvalue weighted by Gasteiger charge is -2.12. The van der Waals surface area contributed by atoms with E-state index in [-0.39, 0.29) is 10.6 Å². The van der Waals surface area contributed by atoms with Crippen molar-refractivity contribution < 1.29 is 22.4 Å². The number of hydrogen-bond donors (Lipinski definition) is 2. The van der Waals surface area contributed by atoms with Gasteiger partial charge >= 0.3 is 6.18 Å². The number of nitrogens with one attached hydrogen (secondary N) is 1. The van der Waals surface area contributed by atoms with Crippen molar-refractivity contribution in [3.8, 4) is 0 Å². The Bertz CT molecular complexity index is 849. The summed E-state index contributed by atoms with van der Waals surface area (Å²) in [6, 6.07) is 3.39. The predicted octanol–water partition coefficient (Wildman–Crippen LogP) is 2.20. The molecule has 0 aliphatic heterocycles. The van der Waals surface area contributed by atoms with E-state index in [1.165, 1.54) is 12.1 Å². The van der Waals surface area contributed by atoms with Gasteiger partial charge in [0.15, 0.2) is 5.69 Å². The van der Waals surface area contributed by atoms with E-state index in [2.05, 4.69) is 9.97 Å². The molecule has 0 saturated heterocycles. The number of H-pyrrole nitrogens is 1. The van der Waals surface area contributed by atoms with Crippen LogP contribution in [0, 0.1) is 5.82 Å². The lowest BCUT2D eigenvalue weighted by atomic mass is 10.0. The normalized spacial score (nSPS) is 11.5. The molecule has 0 saturated carbocycles. The summed E-state index contributed by atoms with van der Waals surface area (Å²) in [5, 5.41) is -0.196. The number of halogens is 5. The summed E-state index contributed by atoms with van der Waals surface area (Å²) >= 11 is 5.51. The highest BCUT2D eigenvalue weighted by Gasteiger charge is 2.37. The fourth-order valence-electron chi connectivity index (χ4n) is 2.05. The minimum Gasteiger partial charge on any atom is -0.369 e. The highest BCUT2D eigenvalue weighted by atomic mass is 35.5. The number of nitrogens with two attached hydrogens (primary N) is 1. The highest BCUT2D eigenvalue weighted by Crippen LogP contribution is 2.30. The molecule has 0 bridgehead atoms. The van der Waals surface area contributed by atoms with Crippen LogP contribution in [0.5, 0.6) is 0 Å². The Hall–Kier alpha value is -2.42. The molecular weight excluding hydrogens is 354 g/mol. The monoisotopic (exact) mass is 363 g/mol. The summed E-state index contributed by atoms with van der Waals surface area (Å²) in [5.41, 5.74) is 1.78. The van der Waals surface area contributed by atoms with Crippen LogP contribution in [-0.2, 0) is 23.8 Å². The Morgan fingerprint density at radius 2 is 2.00 bits per heavy atom. The molecule has 1 amide bonds. The van der Waals surface area contributed by atoms with Gasteiger partial charge in [-0.2, -0.15) is 13.2 Å². The smallest absolute Gasteiger partial charge is 0.369 e. The molecule has 5 nitrogen and oxygen atoms in total. The minimum absolute atomic E-state index is 0.109. The summed E-state index contributed by atoms with van der Waals surface area (Å²) in [6.07, 6.45) is -6.09. The van der Waals surface area contributed by atoms with Crippen LogP contribution in [0.4, 0.5) is 17.6 Å². The van der Waals surface area contributed by atoms with Crippen LogP contribution in [-0.4, -0.2) is 15.9 Å². The van der Waals surface area contributed by atoms with Gasteiger partial charge in [-0.25, -0.2) is 9.37 Å². The predicted molar refractivity (Wildman–Crippen MR) is 77.0 cm³/mol. The van der Waals surface area contributed by atoms with Crippen molar-refractivity contribution in [1.82, 2.24) is 9.97 Å². The van der Waals surface area contributed by atoms with Crippen LogP contribution in [0.3, 0.4) is 0 Å². The molecule has 3 N–H and O–H groups in total. The molecule has 128 valence electrons. The number of nitrogens with zero attached hydrogens (tertiary/aromatic N) is 1. The SMILES string of the molecule is NC(=O)Cc1nc(C(F)(F)F)c(Cc2ccc(Cl)c(F)c2)c(=O)[nH]1. The van der Waals surface area contributed by atoms with E-state index in [1.54, 1.807) is 0 Å². The third kappa shape index (κ3) is 4.10. The van der Waals surface area contributed by atoms with Gasteiger partial charge < -0.3 is 10.7 Å². The van der Waals surface area contributed by atoms with Crippen molar-refractivity contribution >= 4 is 17.5 Å². The standard InChI is InChI=1S/C14H10ClF4N3O2/c15-8-2-1-6(4-9(8)16)3-7-12(14(17,18)19)21-11(5-10(20)23)22-13(7)24/h1-2,4H,3,5H2,(H2,20,23)(H,21,22,24). The summed E-state index contributed by atoms with van der Waals surface area (Å²) in [6.45, 7) is 0. The Labute approximate surface area is 137 Å². The number of aromatic amines is 1. The Balaban J connectivity index is 2.53. The highest BCUT2D eigenvalue weighted by molar-refractivity contribution is 6.30. The van der Waals surface area contributed by atoms with Gasteiger partial charge in [-0.3, -0.25) is 9.59 Å². The molecule has 0 unspecified atom stereocenters. The second-order valence-corrected chi connectivity index (χ2v) is 5.31. The molecule has 0 aliphatic rings. The summed E-state index contributed by atoms with van der Waals surface area (Å²) < 4.78 is 52.9. The zero-order chi connectivity index (χ0) is 18.1. The van der Waals surface area contributed by atoms with Gasteiger partial charge in [-0.05, 0) is 17.7 Å². The molecule has 1 heterocycles. The van der Waals surface area contributed by atoms with E-state index in [0.29, 0.717) is 0 Å². The van der Waals surface area contributed by atoms with Crippen molar-refractivity contribution in [2.75, 3.05) is 0 Å². The maximum Gasteiger partial charge on any atom is 0.433 e. The van der Waals surface area contributed by atoms with Crippen molar-refractivity contribution in [2.24, 2.45) is 5.73 Å². The van der Waals surface area contributed by atoms with Gasteiger partial charge in [-0.1, -0.05) is 17.7 Å². The number of rotatable bonds is 4. The first-order valence-electron chi connectivity index (χ1n) is 6.49. The van der Waals surface area contributed by atoms with E-state index in [1.807, 2.05) is 0 Å². The van der Waals surface area contributed by atoms with Gasteiger partial charge in [0.25, 0.3) is 5.56 Å². The molecule has 2 aromatic rings. The topological polar surface area (TPSA) is 88.8 Å². The van der Waals surface area contributed by atoms with Gasteiger partial charge in [0.1, 0.15) is 11.6 Å². The van der Waals surface area contributed by atoms with Crippen LogP contribution in [0.25, 0.3) is 0 Å². The van der Waals surface area contributed by atoms with Crippen molar-refractivity contribution in [2.45, 2.75) is 19.0 Å². The minimum atomic E-state index is -4.93. The summed E-state index contributed by atoms with van der Waals surface area (Å²) in [5.74, 6) is -2.26. The zero-order valence-electron chi connectivity index (χ0n) is 11.9. The maximum absolute atomic E-state index is 13.4. The van der Waals surface area contributed by atoms with E-state index in [9.17, 15) is 27.2 Å². The number of aromatic nitrogens is 2. The molecule has 2 rings (SSSR count). The molecule has 10 heteroatoms. The second-order valence-electron chi connectivity index (χ2n) is 4.91. The fraction of sp³-hybridized carbons (Fsp3) is 0.214. The zero-order valence-corrected chi connectivity index (χ0v) is 12.6. The van der Waals surface area contributed by atoms with Crippen molar-refractivity contribution in [3.05, 3.63) is 62.0 Å². The van der Waals surface area contributed by atoms with Crippen LogP contribution in [0.1, 0.15) is 22.6 Å². The van der Waals surface area contributed by atoms with Gasteiger partial charge in [0, 0.05) is 6.42 Å². The number of amides is 1. The van der Waals surface area contributed by atoms with Crippen LogP contribution in [0.2, 0.25) is 5.02 Å². The van der Waals surface area contributed by atoms with Gasteiger partial charge in [0.2, 0.25) is 5.91 Å². The van der Waals surface area contributed by atoms with Gasteiger partial charge in [-0.15, -0.1) is 0 Å². The average molecular weight is 364 g/mol. The molecule has 0 aliphatic carbocycles. The third-order valence-electron chi connectivity index (χ3n) is 3.04. The molecule has 0 radical (unpaired) electrons. The van der Waals surface area contributed by atoms with Crippen molar-refractivity contribution in [3.63, 3.8) is 0 Å². The number of alkyl halides is 3. The molecule has 1 aromatic heterocycles. The van der Waals surface area contributed by atoms with Gasteiger partial charge in [0.05, 0.1) is 17.0 Å². The third-order valence-corrected chi connectivity index (χ3v) is 3.35. The molecule has 0 fully saturated rings. The first-order valence-corrected chi connectivity index (χ1v) is 6.87. The summed E-state index contributed by atoms with van der Waals surface area (Å²) in [7, 11) is 0. The van der Waals surface area contributed by atoms with E-state index in [4.69, 9.17) is 17.3 Å². The van der Waals surface area contributed by atoms with Crippen LogP contribution < -0.4 is 11.3 Å². The number of primary amides is 1. The Morgan fingerprint density at radius 1 is 1.33 bits per heavy atom. The average Bonchev–Trinajstić information content (AvgIpc) is 2.43. The largest absolute Gasteiger partial charge is 0.433 e. The first kappa shape index (κ1) is 17.9. The van der Waals surface area contributed by atoms with E-state index < -0.39 is 53.4 Å². The molecule has 1 aromatic carbocycles. The quantitative estimate of drug-likeness (QED) is 0.816. The number of carbonyl (C=O) groups excluding carboxylic acids is 1. The molecule has 0 atom stereocenters. The first-order chi connectivity index (χ1) is 11.1. The van der Waals surface area contributed by atoms with Crippen LogP contribution in [0.15, 0.2) is 23.0 Å². The van der Waals surface area contributed by atoms with E-state index >= 15 is 0 Å². The number of hydrogen-bond acceptors (Lipinski definition) is 3. The number of carbonyl (C=O) groups is 1. The molecule has 24 heavy (non-hydrogen) atoms. The molecule has 0 spiro atoms. The number of benzene rings is 1. The maximum atomic E-state index is 13.4. The lowest BCUT2D eigenvalue weighted by Crippen LogP contribution is -2.27. The van der Waals surface area contributed by atoms with Crippen molar-refractivity contribution in [1.29, 1.82) is 0 Å². The lowest BCUT2D eigenvalue weighted by molar-refractivity contribution is -0.142. The van der Waals surface area contributed by atoms with Crippen LogP contribution >= 0.6 is 11.6 Å². The fourth-order valence-corrected chi connectivity index (χ4v) is 2.16. The second kappa shape index (κ2) is 6.60. The summed E-state index contributed by atoms with van der Waals surface area (Å²) in [4.78, 5) is 28.1. The molecular formula is C14H10ClF4N3O2. The Kier molecular flexibility index (Phi) is 4.93.